The molecule has 2 aromatic rings. The first-order valence-corrected chi connectivity index (χ1v) is 7.10. The molecule has 0 aliphatic heterocycles. The van der Waals surface area contributed by atoms with E-state index < -0.39 is 0 Å². The summed E-state index contributed by atoms with van der Waals surface area (Å²) in [7, 11) is 1.79. The predicted octanol–water partition coefficient (Wildman–Crippen LogP) is 2.59. The van der Waals surface area contributed by atoms with Crippen LogP contribution in [-0.4, -0.2) is 21.3 Å². The Bertz CT molecular complexity index is 585. The molecule has 0 spiro atoms. The third-order valence-corrected chi connectivity index (χ3v) is 3.31. The van der Waals surface area contributed by atoms with Gasteiger partial charge in [0, 0.05) is 24.7 Å². The lowest BCUT2D eigenvalue weighted by Gasteiger charge is -2.15. The molecule has 1 unspecified atom stereocenters. The highest BCUT2D eigenvalue weighted by Crippen LogP contribution is 2.22. The number of ether oxygens (including phenoxy) is 1. The lowest BCUT2D eigenvalue weighted by molar-refractivity contribution is 0.288. The number of aromatic nitrogens is 3. The van der Waals surface area contributed by atoms with Crippen molar-refractivity contribution < 1.29 is 9.13 Å². The molecule has 114 valence electrons. The molecular weight excluding hydrogens is 271 g/mol. The average molecular weight is 292 g/mol. The molecule has 21 heavy (non-hydrogen) atoms. The van der Waals surface area contributed by atoms with Crippen LogP contribution in [-0.2, 0) is 13.7 Å². The third kappa shape index (κ3) is 4.01. The zero-order valence-corrected chi connectivity index (χ0v) is 12.6. The number of rotatable bonds is 7. The van der Waals surface area contributed by atoms with Crippen LogP contribution in [0.5, 0.6) is 5.75 Å². The minimum atomic E-state index is -0.262. The van der Waals surface area contributed by atoms with Crippen molar-refractivity contribution in [3.05, 3.63) is 41.7 Å². The number of aryl methyl sites for hydroxylation is 1. The predicted molar refractivity (Wildman–Crippen MR) is 78.4 cm³/mol. The van der Waals surface area contributed by atoms with Gasteiger partial charge >= 0.3 is 0 Å². The van der Waals surface area contributed by atoms with E-state index in [1.54, 1.807) is 23.9 Å². The molecule has 0 bridgehead atoms. The fraction of sp³-hybridized carbons (Fsp3) is 0.467. The lowest BCUT2D eigenvalue weighted by Crippen LogP contribution is -2.20. The highest BCUT2D eigenvalue weighted by Gasteiger charge is 2.11. The molecule has 1 aromatic heterocycles. The minimum Gasteiger partial charge on any atom is -0.486 e. The number of nitrogens with zero attached hydrogens (tertiary/aromatic N) is 3. The summed E-state index contributed by atoms with van der Waals surface area (Å²) in [6.45, 7) is 5.16. The molecule has 0 amide bonds. The van der Waals surface area contributed by atoms with Gasteiger partial charge in [-0.05, 0) is 26.0 Å². The summed E-state index contributed by atoms with van der Waals surface area (Å²) < 4.78 is 21.3. The van der Waals surface area contributed by atoms with Crippen molar-refractivity contribution in [3.63, 3.8) is 0 Å². The Kier molecular flexibility index (Phi) is 5.27. The Morgan fingerprint density at radius 2 is 2.24 bits per heavy atom. The SMILES string of the molecule is CCCNC(C)c1ccc(OCc2ncnn2C)cc1F. The minimum absolute atomic E-state index is 0.0160. The van der Waals surface area contributed by atoms with Crippen LogP contribution in [0, 0.1) is 5.82 Å². The van der Waals surface area contributed by atoms with Crippen molar-refractivity contribution in [2.75, 3.05) is 6.54 Å². The van der Waals surface area contributed by atoms with Gasteiger partial charge in [-0.25, -0.2) is 9.37 Å². The average Bonchev–Trinajstić information content (AvgIpc) is 2.88. The second-order valence-corrected chi connectivity index (χ2v) is 4.95. The van der Waals surface area contributed by atoms with Crippen LogP contribution in [0.3, 0.4) is 0 Å². The molecule has 1 aromatic carbocycles. The summed E-state index contributed by atoms with van der Waals surface area (Å²) in [5.74, 6) is 0.918. The van der Waals surface area contributed by atoms with Gasteiger partial charge in [0.2, 0.25) is 0 Å². The molecule has 0 aliphatic carbocycles. The summed E-state index contributed by atoms with van der Waals surface area (Å²) in [4.78, 5) is 4.06. The first-order valence-electron chi connectivity index (χ1n) is 7.10. The molecule has 0 saturated carbocycles. The van der Waals surface area contributed by atoms with Crippen LogP contribution in [0.15, 0.2) is 24.5 Å². The van der Waals surface area contributed by atoms with E-state index in [0.29, 0.717) is 17.1 Å². The monoisotopic (exact) mass is 292 g/mol. The van der Waals surface area contributed by atoms with Crippen LogP contribution < -0.4 is 10.1 Å². The molecular formula is C15H21FN4O. The first-order chi connectivity index (χ1) is 10.1. The van der Waals surface area contributed by atoms with E-state index in [4.69, 9.17) is 4.74 Å². The van der Waals surface area contributed by atoms with E-state index in [0.717, 1.165) is 13.0 Å². The zero-order chi connectivity index (χ0) is 15.2. The van der Waals surface area contributed by atoms with Gasteiger partial charge in [0.05, 0.1) is 0 Å². The zero-order valence-electron chi connectivity index (χ0n) is 12.6. The maximum atomic E-state index is 14.1. The number of benzene rings is 1. The second kappa shape index (κ2) is 7.17. The number of halogens is 1. The normalized spacial score (nSPS) is 12.4. The summed E-state index contributed by atoms with van der Waals surface area (Å²) in [5, 5.41) is 7.22. The summed E-state index contributed by atoms with van der Waals surface area (Å²) in [6.07, 6.45) is 2.48. The summed E-state index contributed by atoms with van der Waals surface area (Å²) in [5.41, 5.74) is 0.648. The van der Waals surface area contributed by atoms with Gasteiger partial charge in [-0.1, -0.05) is 13.0 Å². The molecule has 2 rings (SSSR count). The molecule has 0 fully saturated rings. The van der Waals surface area contributed by atoms with Crippen molar-refractivity contribution in [2.45, 2.75) is 32.9 Å². The van der Waals surface area contributed by atoms with Crippen LogP contribution in [0.1, 0.15) is 37.7 Å². The van der Waals surface area contributed by atoms with Gasteiger partial charge in [-0.3, -0.25) is 4.68 Å². The quantitative estimate of drug-likeness (QED) is 0.852. The Morgan fingerprint density at radius 1 is 1.43 bits per heavy atom. The largest absolute Gasteiger partial charge is 0.486 e. The van der Waals surface area contributed by atoms with Crippen molar-refractivity contribution >= 4 is 0 Å². The lowest BCUT2D eigenvalue weighted by atomic mass is 10.1. The Morgan fingerprint density at radius 3 is 2.86 bits per heavy atom. The number of hydrogen-bond donors (Lipinski definition) is 1. The van der Waals surface area contributed by atoms with E-state index >= 15 is 0 Å². The van der Waals surface area contributed by atoms with Gasteiger partial charge < -0.3 is 10.1 Å². The van der Waals surface area contributed by atoms with Gasteiger partial charge in [0.25, 0.3) is 0 Å². The van der Waals surface area contributed by atoms with E-state index in [-0.39, 0.29) is 18.5 Å². The molecule has 6 heteroatoms. The van der Waals surface area contributed by atoms with Gasteiger partial charge in [0.15, 0.2) is 5.82 Å². The molecule has 0 saturated heterocycles. The van der Waals surface area contributed by atoms with Gasteiger partial charge in [-0.2, -0.15) is 5.10 Å². The topological polar surface area (TPSA) is 52.0 Å². The number of hydrogen-bond acceptors (Lipinski definition) is 4. The Balaban J connectivity index is 2.00. The maximum Gasteiger partial charge on any atom is 0.164 e. The van der Waals surface area contributed by atoms with E-state index in [9.17, 15) is 4.39 Å². The molecule has 1 atom stereocenters. The fourth-order valence-corrected chi connectivity index (χ4v) is 2.02. The second-order valence-electron chi connectivity index (χ2n) is 4.95. The Labute approximate surface area is 124 Å². The highest BCUT2D eigenvalue weighted by molar-refractivity contribution is 5.30. The van der Waals surface area contributed by atoms with Crippen LogP contribution in [0.4, 0.5) is 4.39 Å². The fourth-order valence-electron chi connectivity index (χ4n) is 2.02. The molecule has 0 radical (unpaired) electrons. The highest BCUT2D eigenvalue weighted by atomic mass is 19.1. The maximum absolute atomic E-state index is 14.1. The van der Waals surface area contributed by atoms with Crippen LogP contribution in [0.25, 0.3) is 0 Å². The Hall–Kier alpha value is -1.95. The summed E-state index contributed by atoms with van der Waals surface area (Å²) >= 11 is 0. The van der Waals surface area contributed by atoms with Crippen LogP contribution in [0.2, 0.25) is 0 Å². The van der Waals surface area contributed by atoms with Crippen LogP contribution >= 0.6 is 0 Å². The number of nitrogens with one attached hydrogen (secondary N) is 1. The van der Waals surface area contributed by atoms with Gasteiger partial charge in [-0.15, -0.1) is 0 Å². The van der Waals surface area contributed by atoms with Crippen molar-refractivity contribution in [3.8, 4) is 5.75 Å². The van der Waals surface area contributed by atoms with E-state index in [1.165, 1.54) is 12.4 Å². The molecule has 5 nitrogen and oxygen atoms in total. The van der Waals surface area contributed by atoms with Crippen molar-refractivity contribution in [2.24, 2.45) is 7.05 Å². The van der Waals surface area contributed by atoms with Crippen molar-refractivity contribution in [1.29, 1.82) is 0 Å². The molecule has 1 heterocycles. The van der Waals surface area contributed by atoms with E-state index in [2.05, 4.69) is 22.3 Å². The first kappa shape index (κ1) is 15.4. The standard InChI is InChI=1S/C15H21FN4O/c1-4-7-17-11(2)13-6-5-12(8-14(13)16)21-9-15-18-10-19-20(15)3/h5-6,8,10-11,17H,4,7,9H2,1-3H3. The third-order valence-electron chi connectivity index (χ3n) is 3.31. The molecule has 1 N–H and O–H groups in total. The smallest absolute Gasteiger partial charge is 0.164 e. The summed E-state index contributed by atoms with van der Waals surface area (Å²) in [6, 6.07) is 4.93. The van der Waals surface area contributed by atoms with Crippen molar-refractivity contribution in [1.82, 2.24) is 20.1 Å². The van der Waals surface area contributed by atoms with E-state index in [1.807, 2.05) is 6.92 Å². The van der Waals surface area contributed by atoms with Gasteiger partial charge in [0.1, 0.15) is 24.5 Å². The molecule has 0 aliphatic rings.